The summed E-state index contributed by atoms with van der Waals surface area (Å²) in [5.41, 5.74) is 3.89. The van der Waals surface area contributed by atoms with E-state index in [9.17, 15) is 5.11 Å². The standard InChI is InChI=1S/C27H24ClN3O4/c1-2-12-27(32)15-34-23-21(14-33-24(23)27)35-26-29-20-13-19(28)22(30-25(20)31-26)18-10-8-17(9-11-18)16-6-4-3-5-7-16/h2-11,13,21,23-24,32H,1,12,14-15H2,(H,29,30,31)/t21-,23-,24?,27-/m1/s1. The fourth-order valence-corrected chi connectivity index (χ4v) is 5.10. The summed E-state index contributed by atoms with van der Waals surface area (Å²) >= 11 is 6.58. The van der Waals surface area contributed by atoms with Gasteiger partial charge in [-0.1, -0.05) is 72.3 Å². The molecule has 4 aromatic rings. The Morgan fingerprint density at radius 1 is 1.09 bits per heavy atom. The minimum Gasteiger partial charge on any atom is -0.456 e. The summed E-state index contributed by atoms with van der Waals surface area (Å²) in [6.45, 7) is 4.18. The zero-order valence-electron chi connectivity index (χ0n) is 18.9. The average molecular weight is 490 g/mol. The number of benzene rings is 2. The minimum atomic E-state index is -1.08. The fraction of sp³-hybridized carbons (Fsp3) is 0.259. The normalized spacial score (nSPS) is 25.6. The lowest BCUT2D eigenvalue weighted by Gasteiger charge is -2.24. The predicted molar refractivity (Wildman–Crippen MR) is 133 cm³/mol. The highest BCUT2D eigenvalue weighted by atomic mass is 35.5. The highest BCUT2D eigenvalue weighted by molar-refractivity contribution is 6.33. The van der Waals surface area contributed by atoms with Crippen LogP contribution in [0.1, 0.15) is 6.42 Å². The van der Waals surface area contributed by atoms with Gasteiger partial charge in [0.25, 0.3) is 6.01 Å². The molecule has 35 heavy (non-hydrogen) atoms. The van der Waals surface area contributed by atoms with Crippen LogP contribution in [0, 0.1) is 0 Å². The number of H-pyrrole nitrogens is 1. The first kappa shape index (κ1) is 22.2. The second-order valence-electron chi connectivity index (χ2n) is 8.96. The molecule has 2 aromatic heterocycles. The molecule has 178 valence electrons. The molecule has 0 amide bonds. The van der Waals surface area contributed by atoms with Crippen molar-refractivity contribution in [2.24, 2.45) is 0 Å². The van der Waals surface area contributed by atoms with Gasteiger partial charge in [0.1, 0.15) is 17.8 Å². The number of pyridine rings is 1. The fourth-order valence-electron chi connectivity index (χ4n) is 4.84. The third kappa shape index (κ3) is 4.00. The van der Waals surface area contributed by atoms with E-state index in [2.05, 4.69) is 45.8 Å². The molecule has 0 bridgehead atoms. The minimum absolute atomic E-state index is 0.179. The van der Waals surface area contributed by atoms with Crippen LogP contribution in [-0.4, -0.2) is 57.2 Å². The topological polar surface area (TPSA) is 89.5 Å². The molecule has 2 N–H and O–H groups in total. The Labute approximate surface area is 207 Å². The molecule has 2 aliphatic heterocycles. The number of nitrogens with zero attached hydrogens (tertiary/aromatic N) is 2. The SMILES string of the molecule is C=CC[C@@]1(O)CO[C@H]2C1OC[C@H]2Oc1nc2nc(-c3ccc(-c4ccccc4)cc3)c(Cl)cc2[nH]1. The Bertz CT molecular complexity index is 1370. The van der Waals surface area contributed by atoms with Gasteiger partial charge in [-0.05, 0) is 23.6 Å². The number of aromatic nitrogens is 3. The number of imidazole rings is 1. The molecule has 2 aromatic carbocycles. The first-order valence-electron chi connectivity index (χ1n) is 11.5. The molecule has 2 saturated heterocycles. The van der Waals surface area contributed by atoms with Crippen molar-refractivity contribution in [2.45, 2.75) is 30.3 Å². The van der Waals surface area contributed by atoms with Crippen molar-refractivity contribution in [1.82, 2.24) is 15.0 Å². The molecule has 2 fully saturated rings. The number of nitrogens with one attached hydrogen (secondary N) is 1. The maximum absolute atomic E-state index is 10.8. The third-order valence-corrected chi connectivity index (χ3v) is 6.88. The van der Waals surface area contributed by atoms with Gasteiger partial charge in [-0.2, -0.15) is 4.98 Å². The van der Waals surface area contributed by atoms with E-state index < -0.39 is 17.8 Å². The quantitative estimate of drug-likeness (QED) is 0.378. The smallest absolute Gasteiger partial charge is 0.296 e. The Hall–Kier alpha value is -3.23. The molecule has 1 unspecified atom stereocenters. The molecule has 7 nitrogen and oxygen atoms in total. The van der Waals surface area contributed by atoms with E-state index in [1.54, 1.807) is 12.1 Å². The van der Waals surface area contributed by atoms with E-state index in [1.165, 1.54) is 0 Å². The molecule has 0 radical (unpaired) electrons. The van der Waals surface area contributed by atoms with Crippen LogP contribution in [0.4, 0.5) is 0 Å². The summed E-state index contributed by atoms with van der Waals surface area (Å²) in [6, 6.07) is 20.4. The zero-order chi connectivity index (χ0) is 24.0. The van der Waals surface area contributed by atoms with Crippen LogP contribution in [0.3, 0.4) is 0 Å². The number of hydrogen-bond acceptors (Lipinski definition) is 6. The van der Waals surface area contributed by atoms with Gasteiger partial charge in [0, 0.05) is 5.56 Å². The van der Waals surface area contributed by atoms with E-state index in [4.69, 9.17) is 25.8 Å². The number of fused-ring (bicyclic) bond motifs is 2. The molecule has 8 heteroatoms. The van der Waals surface area contributed by atoms with Crippen molar-refractivity contribution >= 4 is 22.8 Å². The maximum atomic E-state index is 10.8. The molecule has 0 saturated carbocycles. The van der Waals surface area contributed by atoms with Crippen LogP contribution >= 0.6 is 11.6 Å². The summed E-state index contributed by atoms with van der Waals surface area (Å²) < 4.78 is 17.7. The van der Waals surface area contributed by atoms with Gasteiger partial charge in [0.2, 0.25) is 0 Å². The first-order valence-corrected chi connectivity index (χ1v) is 11.9. The number of aromatic amines is 1. The van der Waals surface area contributed by atoms with Crippen molar-refractivity contribution < 1.29 is 19.3 Å². The number of ether oxygens (including phenoxy) is 3. The largest absolute Gasteiger partial charge is 0.456 e. The Balaban J connectivity index is 1.23. The van der Waals surface area contributed by atoms with Crippen molar-refractivity contribution in [3.63, 3.8) is 0 Å². The molecule has 0 aliphatic carbocycles. The van der Waals surface area contributed by atoms with Crippen LogP contribution in [-0.2, 0) is 9.47 Å². The number of hydrogen-bond donors (Lipinski definition) is 2. The first-order chi connectivity index (χ1) is 17.0. The van der Waals surface area contributed by atoms with Gasteiger partial charge < -0.3 is 24.3 Å². The Morgan fingerprint density at radius 2 is 1.83 bits per heavy atom. The molecule has 0 spiro atoms. The maximum Gasteiger partial charge on any atom is 0.296 e. The second-order valence-corrected chi connectivity index (χ2v) is 9.36. The van der Waals surface area contributed by atoms with Gasteiger partial charge in [-0.15, -0.1) is 6.58 Å². The van der Waals surface area contributed by atoms with Crippen LogP contribution in [0.2, 0.25) is 5.02 Å². The molecule has 4 atom stereocenters. The summed E-state index contributed by atoms with van der Waals surface area (Å²) in [7, 11) is 0. The van der Waals surface area contributed by atoms with E-state index in [0.717, 1.165) is 16.7 Å². The average Bonchev–Trinajstić information content (AvgIpc) is 3.55. The van der Waals surface area contributed by atoms with E-state index in [0.29, 0.717) is 40.9 Å². The highest BCUT2D eigenvalue weighted by Gasteiger charge is 2.56. The van der Waals surface area contributed by atoms with Crippen LogP contribution in [0.15, 0.2) is 73.3 Å². The number of aliphatic hydroxyl groups is 1. The number of rotatable bonds is 6. The van der Waals surface area contributed by atoms with E-state index in [1.807, 2.05) is 30.3 Å². The van der Waals surface area contributed by atoms with Gasteiger partial charge in [-0.25, -0.2) is 4.98 Å². The van der Waals surface area contributed by atoms with Crippen molar-refractivity contribution in [2.75, 3.05) is 13.2 Å². The van der Waals surface area contributed by atoms with Gasteiger partial charge in [0.15, 0.2) is 11.8 Å². The molecule has 6 rings (SSSR count). The van der Waals surface area contributed by atoms with Crippen molar-refractivity contribution in [3.8, 4) is 28.4 Å². The summed E-state index contributed by atoms with van der Waals surface area (Å²) in [4.78, 5) is 12.3. The lowest BCUT2D eigenvalue weighted by atomic mass is 9.93. The third-order valence-electron chi connectivity index (χ3n) is 6.59. The predicted octanol–water partition coefficient (Wildman–Crippen LogP) is 4.80. The lowest BCUT2D eigenvalue weighted by molar-refractivity contribution is -0.0659. The van der Waals surface area contributed by atoms with E-state index in [-0.39, 0.29) is 12.7 Å². The van der Waals surface area contributed by atoms with Crippen LogP contribution in [0.25, 0.3) is 33.5 Å². The second kappa shape index (κ2) is 8.77. The molecule has 4 heterocycles. The highest BCUT2D eigenvalue weighted by Crippen LogP contribution is 2.38. The van der Waals surface area contributed by atoms with Gasteiger partial charge in [-0.3, -0.25) is 0 Å². The Morgan fingerprint density at radius 3 is 2.60 bits per heavy atom. The molecular weight excluding hydrogens is 466 g/mol. The summed E-state index contributed by atoms with van der Waals surface area (Å²) in [5, 5.41) is 11.3. The molecule has 2 aliphatic rings. The van der Waals surface area contributed by atoms with E-state index >= 15 is 0 Å². The number of halogens is 1. The van der Waals surface area contributed by atoms with Crippen molar-refractivity contribution in [3.05, 3.63) is 78.3 Å². The van der Waals surface area contributed by atoms with Gasteiger partial charge >= 0.3 is 0 Å². The lowest BCUT2D eigenvalue weighted by Crippen LogP contribution is -2.43. The van der Waals surface area contributed by atoms with Crippen LogP contribution in [0.5, 0.6) is 6.01 Å². The van der Waals surface area contributed by atoms with Crippen LogP contribution < -0.4 is 4.74 Å². The summed E-state index contributed by atoms with van der Waals surface area (Å²) in [5.74, 6) is 0. The molecular formula is C27H24ClN3O4. The Kier molecular flexibility index (Phi) is 5.57. The van der Waals surface area contributed by atoms with Gasteiger partial charge in [0.05, 0.1) is 29.4 Å². The monoisotopic (exact) mass is 489 g/mol. The summed E-state index contributed by atoms with van der Waals surface area (Å²) in [6.07, 6.45) is 0.810. The van der Waals surface area contributed by atoms with Crippen molar-refractivity contribution in [1.29, 1.82) is 0 Å². The zero-order valence-corrected chi connectivity index (χ0v) is 19.6.